The Morgan fingerprint density at radius 3 is 2.70 bits per heavy atom. The number of fused-ring (bicyclic) bond motifs is 1. The minimum absolute atomic E-state index is 0.102. The lowest BCUT2D eigenvalue weighted by Crippen LogP contribution is -2.50. The lowest BCUT2D eigenvalue weighted by Gasteiger charge is -2.40. The van der Waals surface area contributed by atoms with Crippen molar-refractivity contribution in [2.24, 2.45) is 5.92 Å². The molecule has 0 radical (unpaired) electrons. The maximum atomic E-state index is 13.4. The van der Waals surface area contributed by atoms with Crippen molar-refractivity contribution in [3.05, 3.63) is 80.9 Å². The van der Waals surface area contributed by atoms with Crippen LogP contribution in [-0.2, 0) is 16.0 Å². The molecule has 2 aromatic heterocycles. The SMILES string of the molecule is CCOC(=O)C1C(c2ccc(Cl)cc2)c2c([nH]n(-c3ccccn3)c2=O)CC1(C)O. The Balaban J connectivity index is 1.95. The number of esters is 1. The predicted octanol–water partition coefficient (Wildman–Crippen LogP) is 2.83. The number of H-pyrrole nitrogens is 1. The van der Waals surface area contributed by atoms with Crippen molar-refractivity contribution in [1.82, 2.24) is 14.8 Å². The second kappa shape index (κ2) is 7.74. The van der Waals surface area contributed by atoms with Gasteiger partial charge >= 0.3 is 5.97 Å². The zero-order valence-corrected chi connectivity index (χ0v) is 17.4. The minimum Gasteiger partial charge on any atom is -0.466 e. The fourth-order valence-electron chi connectivity index (χ4n) is 4.24. The second-order valence-corrected chi connectivity index (χ2v) is 8.06. The normalized spacial score (nSPS) is 23.1. The third kappa shape index (κ3) is 3.44. The van der Waals surface area contributed by atoms with Gasteiger partial charge < -0.3 is 9.84 Å². The molecule has 3 atom stereocenters. The molecule has 2 N–H and O–H groups in total. The molecule has 8 heteroatoms. The zero-order valence-electron chi connectivity index (χ0n) is 16.6. The van der Waals surface area contributed by atoms with E-state index in [9.17, 15) is 14.7 Å². The molecule has 3 unspecified atom stereocenters. The Labute approximate surface area is 178 Å². The average molecular weight is 428 g/mol. The second-order valence-electron chi connectivity index (χ2n) is 7.63. The van der Waals surface area contributed by atoms with Crippen molar-refractivity contribution in [2.45, 2.75) is 31.8 Å². The number of nitrogens with one attached hydrogen (secondary N) is 1. The van der Waals surface area contributed by atoms with E-state index < -0.39 is 23.4 Å². The Morgan fingerprint density at radius 2 is 2.07 bits per heavy atom. The van der Waals surface area contributed by atoms with Crippen molar-refractivity contribution in [3.63, 3.8) is 0 Å². The van der Waals surface area contributed by atoms with E-state index in [0.29, 0.717) is 27.7 Å². The Kier molecular flexibility index (Phi) is 5.26. The van der Waals surface area contributed by atoms with Crippen LogP contribution in [0, 0.1) is 5.92 Å². The fourth-order valence-corrected chi connectivity index (χ4v) is 4.37. The lowest BCUT2D eigenvalue weighted by atomic mass is 9.66. The van der Waals surface area contributed by atoms with Crippen molar-refractivity contribution in [3.8, 4) is 5.82 Å². The van der Waals surface area contributed by atoms with Gasteiger partial charge in [0.05, 0.1) is 18.1 Å². The first-order valence-electron chi connectivity index (χ1n) is 9.73. The van der Waals surface area contributed by atoms with E-state index in [-0.39, 0.29) is 18.6 Å². The maximum absolute atomic E-state index is 13.4. The van der Waals surface area contributed by atoms with Gasteiger partial charge in [-0.05, 0) is 43.7 Å². The first-order chi connectivity index (χ1) is 14.3. The van der Waals surface area contributed by atoms with Crippen molar-refractivity contribution < 1.29 is 14.6 Å². The van der Waals surface area contributed by atoms with Crippen molar-refractivity contribution >= 4 is 17.6 Å². The zero-order chi connectivity index (χ0) is 21.5. The number of ether oxygens (including phenoxy) is 1. The molecule has 2 heterocycles. The number of halogens is 1. The van der Waals surface area contributed by atoms with E-state index in [1.165, 1.54) is 4.68 Å². The van der Waals surface area contributed by atoms with Crippen LogP contribution in [0.5, 0.6) is 0 Å². The molecule has 0 bridgehead atoms. The van der Waals surface area contributed by atoms with Crippen LogP contribution in [0.1, 0.15) is 36.6 Å². The van der Waals surface area contributed by atoms with E-state index in [4.69, 9.17) is 16.3 Å². The van der Waals surface area contributed by atoms with Gasteiger partial charge in [-0.1, -0.05) is 29.8 Å². The smallest absolute Gasteiger partial charge is 0.312 e. The third-order valence-corrected chi connectivity index (χ3v) is 5.75. The summed E-state index contributed by atoms with van der Waals surface area (Å²) in [6, 6.07) is 12.2. The lowest BCUT2D eigenvalue weighted by molar-refractivity contribution is -0.159. The number of aromatic amines is 1. The summed E-state index contributed by atoms with van der Waals surface area (Å²) in [5.41, 5.74) is -0.0527. The van der Waals surface area contributed by atoms with Crippen LogP contribution in [0.4, 0.5) is 0 Å². The largest absolute Gasteiger partial charge is 0.466 e. The molecule has 0 spiro atoms. The van der Waals surface area contributed by atoms with Crippen LogP contribution in [0.2, 0.25) is 5.02 Å². The fraction of sp³-hybridized carbons (Fsp3) is 0.318. The van der Waals surface area contributed by atoms with Gasteiger partial charge in [-0.25, -0.2) is 9.67 Å². The first-order valence-corrected chi connectivity index (χ1v) is 10.1. The summed E-state index contributed by atoms with van der Waals surface area (Å²) >= 11 is 6.05. The molecule has 30 heavy (non-hydrogen) atoms. The number of carbonyl (C=O) groups excluding carboxylic acids is 1. The number of nitrogens with zero attached hydrogens (tertiary/aromatic N) is 2. The maximum Gasteiger partial charge on any atom is 0.312 e. The number of rotatable bonds is 4. The van der Waals surface area contributed by atoms with E-state index in [2.05, 4.69) is 10.1 Å². The standard InChI is InChI=1S/C22H22ClN3O4/c1-3-30-21(28)19-17(13-7-9-14(23)10-8-13)18-15(12-22(19,2)29)25-26(20(18)27)16-6-4-5-11-24-16/h4-11,17,19,25,29H,3,12H2,1-2H3. The van der Waals surface area contributed by atoms with Crippen LogP contribution >= 0.6 is 11.6 Å². The Hall–Kier alpha value is -2.90. The number of benzene rings is 1. The molecule has 1 aliphatic carbocycles. The van der Waals surface area contributed by atoms with Gasteiger partial charge in [0.15, 0.2) is 5.82 Å². The highest BCUT2D eigenvalue weighted by atomic mass is 35.5. The molecule has 0 saturated heterocycles. The van der Waals surface area contributed by atoms with Gasteiger partial charge in [0.2, 0.25) is 0 Å². The van der Waals surface area contributed by atoms with Gasteiger partial charge in [0, 0.05) is 34.8 Å². The van der Waals surface area contributed by atoms with Crippen LogP contribution in [-0.4, -0.2) is 38.0 Å². The Morgan fingerprint density at radius 1 is 1.33 bits per heavy atom. The van der Waals surface area contributed by atoms with Gasteiger partial charge in [0.25, 0.3) is 5.56 Å². The number of hydrogen-bond acceptors (Lipinski definition) is 5. The van der Waals surface area contributed by atoms with E-state index in [1.807, 2.05) is 0 Å². The highest BCUT2D eigenvalue weighted by Gasteiger charge is 2.51. The highest BCUT2D eigenvalue weighted by Crippen LogP contribution is 2.45. The number of hydrogen-bond donors (Lipinski definition) is 2. The molecule has 156 valence electrons. The molecule has 0 fully saturated rings. The minimum atomic E-state index is -1.43. The Bertz CT molecular complexity index is 1120. The van der Waals surface area contributed by atoms with Gasteiger partial charge in [-0.2, -0.15) is 0 Å². The first kappa shape index (κ1) is 20.4. The van der Waals surface area contributed by atoms with E-state index >= 15 is 0 Å². The molecular formula is C22H22ClN3O4. The van der Waals surface area contributed by atoms with Crippen LogP contribution in [0.15, 0.2) is 53.5 Å². The number of pyridine rings is 1. The summed E-state index contributed by atoms with van der Waals surface area (Å²) in [5, 5.41) is 14.9. The van der Waals surface area contributed by atoms with Crippen molar-refractivity contribution in [2.75, 3.05) is 6.61 Å². The molecule has 7 nitrogen and oxygen atoms in total. The number of carbonyl (C=O) groups is 1. The molecule has 1 aromatic carbocycles. The van der Waals surface area contributed by atoms with E-state index in [0.717, 1.165) is 0 Å². The van der Waals surface area contributed by atoms with Crippen LogP contribution < -0.4 is 5.56 Å². The van der Waals surface area contributed by atoms with Gasteiger partial charge in [0.1, 0.15) is 0 Å². The van der Waals surface area contributed by atoms with E-state index in [1.54, 1.807) is 62.5 Å². The molecule has 4 rings (SSSR count). The van der Waals surface area contributed by atoms with Gasteiger partial charge in [-0.3, -0.25) is 14.7 Å². The molecule has 0 amide bonds. The van der Waals surface area contributed by atoms with Gasteiger partial charge in [-0.15, -0.1) is 0 Å². The summed E-state index contributed by atoms with van der Waals surface area (Å²) in [6.45, 7) is 3.48. The number of aromatic nitrogens is 3. The quantitative estimate of drug-likeness (QED) is 0.624. The third-order valence-electron chi connectivity index (χ3n) is 5.50. The average Bonchev–Trinajstić information content (AvgIpc) is 3.03. The van der Waals surface area contributed by atoms with Crippen molar-refractivity contribution in [1.29, 1.82) is 0 Å². The van der Waals surface area contributed by atoms with Crippen LogP contribution in [0.3, 0.4) is 0 Å². The summed E-state index contributed by atoms with van der Waals surface area (Å²) in [7, 11) is 0. The molecular weight excluding hydrogens is 406 g/mol. The molecule has 3 aromatic rings. The summed E-state index contributed by atoms with van der Waals surface area (Å²) in [4.78, 5) is 30.6. The highest BCUT2D eigenvalue weighted by molar-refractivity contribution is 6.30. The van der Waals surface area contributed by atoms with Crippen LogP contribution in [0.25, 0.3) is 5.82 Å². The summed E-state index contributed by atoms with van der Waals surface area (Å²) < 4.78 is 6.63. The summed E-state index contributed by atoms with van der Waals surface area (Å²) in [6.07, 6.45) is 1.70. The number of aliphatic hydroxyl groups is 1. The summed E-state index contributed by atoms with van der Waals surface area (Å²) in [5.74, 6) is -1.77. The molecule has 0 aliphatic heterocycles. The molecule has 0 saturated carbocycles. The topological polar surface area (TPSA) is 97.2 Å². The predicted molar refractivity (Wildman–Crippen MR) is 112 cm³/mol. The molecule has 1 aliphatic rings. The monoisotopic (exact) mass is 427 g/mol.